The summed E-state index contributed by atoms with van der Waals surface area (Å²) in [6.45, 7) is 0. The summed E-state index contributed by atoms with van der Waals surface area (Å²) < 4.78 is 10.3. The standard InChI is InChI=1S/C15H13Cl2NO3/c1-20-13-6-3-9(7-14(13)21-2)15(19)18-12-5-4-10(16)8-11(12)17/h3-8H,1-2H3,(H,18,19). The van der Waals surface area contributed by atoms with E-state index in [0.717, 1.165) is 0 Å². The fourth-order valence-electron chi connectivity index (χ4n) is 1.76. The molecule has 110 valence electrons. The van der Waals surface area contributed by atoms with Gasteiger partial charge in [-0.25, -0.2) is 0 Å². The number of hydrogen-bond donors (Lipinski definition) is 1. The fourth-order valence-corrected chi connectivity index (χ4v) is 2.22. The van der Waals surface area contributed by atoms with E-state index in [2.05, 4.69) is 5.32 Å². The van der Waals surface area contributed by atoms with Gasteiger partial charge in [0.25, 0.3) is 5.91 Å². The van der Waals surface area contributed by atoms with Crippen molar-refractivity contribution < 1.29 is 14.3 Å². The van der Waals surface area contributed by atoms with E-state index in [1.54, 1.807) is 36.4 Å². The van der Waals surface area contributed by atoms with Gasteiger partial charge in [-0.15, -0.1) is 0 Å². The van der Waals surface area contributed by atoms with E-state index < -0.39 is 0 Å². The van der Waals surface area contributed by atoms with Crippen molar-refractivity contribution in [2.45, 2.75) is 0 Å². The van der Waals surface area contributed by atoms with Gasteiger partial charge in [0.05, 0.1) is 24.9 Å². The van der Waals surface area contributed by atoms with Crippen molar-refractivity contribution in [1.29, 1.82) is 0 Å². The van der Waals surface area contributed by atoms with Gasteiger partial charge in [-0.3, -0.25) is 4.79 Å². The minimum Gasteiger partial charge on any atom is -0.493 e. The van der Waals surface area contributed by atoms with Gasteiger partial charge in [0.1, 0.15) is 0 Å². The smallest absolute Gasteiger partial charge is 0.255 e. The lowest BCUT2D eigenvalue weighted by molar-refractivity contribution is 0.102. The summed E-state index contributed by atoms with van der Waals surface area (Å²) in [6, 6.07) is 9.75. The highest BCUT2D eigenvalue weighted by Gasteiger charge is 2.12. The number of rotatable bonds is 4. The second kappa shape index (κ2) is 6.70. The molecule has 2 aromatic carbocycles. The number of halogens is 2. The van der Waals surface area contributed by atoms with Crippen LogP contribution in [0.25, 0.3) is 0 Å². The second-order valence-corrected chi connectivity index (χ2v) is 4.99. The number of anilines is 1. The summed E-state index contributed by atoms with van der Waals surface area (Å²) in [5.74, 6) is 0.728. The van der Waals surface area contributed by atoms with Crippen molar-refractivity contribution in [2.75, 3.05) is 19.5 Å². The van der Waals surface area contributed by atoms with Gasteiger partial charge in [0.2, 0.25) is 0 Å². The van der Waals surface area contributed by atoms with Crippen LogP contribution in [0.3, 0.4) is 0 Å². The third-order valence-electron chi connectivity index (χ3n) is 2.83. The van der Waals surface area contributed by atoms with Gasteiger partial charge in [0.15, 0.2) is 11.5 Å². The molecule has 0 aliphatic heterocycles. The molecule has 0 spiro atoms. The molecule has 0 aromatic heterocycles. The van der Waals surface area contributed by atoms with Crippen LogP contribution in [-0.2, 0) is 0 Å². The van der Waals surface area contributed by atoms with Gasteiger partial charge < -0.3 is 14.8 Å². The van der Waals surface area contributed by atoms with E-state index in [1.807, 2.05) is 0 Å². The average molecular weight is 326 g/mol. The van der Waals surface area contributed by atoms with Crippen LogP contribution in [-0.4, -0.2) is 20.1 Å². The monoisotopic (exact) mass is 325 g/mol. The summed E-state index contributed by atoms with van der Waals surface area (Å²) in [5.41, 5.74) is 0.916. The summed E-state index contributed by atoms with van der Waals surface area (Å²) in [7, 11) is 3.04. The number of hydrogen-bond acceptors (Lipinski definition) is 3. The molecule has 2 aromatic rings. The van der Waals surface area contributed by atoms with Gasteiger partial charge in [-0.05, 0) is 36.4 Å². The van der Waals surface area contributed by atoms with Crippen molar-refractivity contribution in [2.24, 2.45) is 0 Å². The Kier molecular flexibility index (Phi) is 4.94. The van der Waals surface area contributed by atoms with Gasteiger partial charge in [-0.2, -0.15) is 0 Å². The van der Waals surface area contributed by atoms with Crippen LogP contribution >= 0.6 is 23.2 Å². The number of benzene rings is 2. The highest BCUT2D eigenvalue weighted by atomic mass is 35.5. The first-order valence-electron chi connectivity index (χ1n) is 6.03. The lowest BCUT2D eigenvalue weighted by Crippen LogP contribution is -2.12. The summed E-state index contributed by atoms with van der Waals surface area (Å²) in [4.78, 5) is 12.2. The Morgan fingerprint density at radius 2 is 1.71 bits per heavy atom. The SMILES string of the molecule is COc1ccc(C(=O)Nc2ccc(Cl)cc2Cl)cc1OC. The number of methoxy groups -OCH3 is 2. The molecular weight excluding hydrogens is 313 g/mol. The molecule has 1 amide bonds. The largest absolute Gasteiger partial charge is 0.493 e. The highest BCUT2D eigenvalue weighted by Crippen LogP contribution is 2.29. The first kappa shape index (κ1) is 15.5. The van der Waals surface area contributed by atoms with E-state index in [0.29, 0.717) is 32.8 Å². The predicted molar refractivity (Wildman–Crippen MR) is 84.0 cm³/mol. The van der Waals surface area contributed by atoms with E-state index in [4.69, 9.17) is 32.7 Å². The van der Waals surface area contributed by atoms with E-state index in [-0.39, 0.29) is 5.91 Å². The third-order valence-corrected chi connectivity index (χ3v) is 3.37. The van der Waals surface area contributed by atoms with Crippen molar-refractivity contribution in [1.82, 2.24) is 0 Å². The number of carbonyl (C=O) groups is 1. The number of ether oxygens (including phenoxy) is 2. The van der Waals surface area contributed by atoms with Gasteiger partial charge in [-0.1, -0.05) is 23.2 Å². The molecule has 4 nitrogen and oxygen atoms in total. The maximum Gasteiger partial charge on any atom is 0.255 e. The molecule has 0 saturated carbocycles. The summed E-state index contributed by atoms with van der Waals surface area (Å²) >= 11 is 11.8. The van der Waals surface area contributed by atoms with Crippen LogP contribution in [0.5, 0.6) is 11.5 Å². The lowest BCUT2D eigenvalue weighted by Gasteiger charge is -2.11. The fraction of sp³-hybridized carbons (Fsp3) is 0.133. The normalized spacial score (nSPS) is 10.1. The molecule has 1 N–H and O–H groups in total. The Labute approximate surface area is 132 Å². The lowest BCUT2D eigenvalue weighted by atomic mass is 10.2. The molecule has 2 rings (SSSR count). The first-order valence-corrected chi connectivity index (χ1v) is 6.79. The maximum absolute atomic E-state index is 12.2. The van der Waals surface area contributed by atoms with Gasteiger partial charge in [0, 0.05) is 10.6 Å². The molecule has 0 fully saturated rings. The number of amides is 1. The van der Waals surface area contributed by atoms with Crippen LogP contribution in [0.1, 0.15) is 10.4 Å². The molecule has 0 atom stereocenters. The molecule has 0 aliphatic rings. The Morgan fingerprint density at radius 1 is 1.00 bits per heavy atom. The maximum atomic E-state index is 12.2. The minimum atomic E-state index is -0.305. The van der Waals surface area contributed by atoms with Crippen molar-refractivity contribution in [3.05, 3.63) is 52.0 Å². The Balaban J connectivity index is 2.24. The van der Waals surface area contributed by atoms with Crippen molar-refractivity contribution in [3.63, 3.8) is 0 Å². The van der Waals surface area contributed by atoms with Crippen LogP contribution in [0.2, 0.25) is 10.0 Å². The molecule has 0 bridgehead atoms. The van der Waals surface area contributed by atoms with Crippen LogP contribution in [0.15, 0.2) is 36.4 Å². The molecule has 0 aliphatic carbocycles. The highest BCUT2D eigenvalue weighted by molar-refractivity contribution is 6.36. The zero-order valence-corrected chi connectivity index (χ0v) is 13.0. The average Bonchev–Trinajstić information content (AvgIpc) is 2.49. The quantitative estimate of drug-likeness (QED) is 0.913. The van der Waals surface area contributed by atoms with E-state index >= 15 is 0 Å². The molecule has 0 heterocycles. The van der Waals surface area contributed by atoms with E-state index in [1.165, 1.54) is 14.2 Å². The molecule has 0 radical (unpaired) electrons. The van der Waals surface area contributed by atoms with Crippen LogP contribution in [0.4, 0.5) is 5.69 Å². The molecule has 21 heavy (non-hydrogen) atoms. The first-order chi connectivity index (χ1) is 10.0. The Morgan fingerprint density at radius 3 is 2.33 bits per heavy atom. The van der Waals surface area contributed by atoms with Gasteiger partial charge >= 0.3 is 0 Å². The molecular formula is C15H13Cl2NO3. The molecule has 0 saturated heterocycles. The summed E-state index contributed by atoms with van der Waals surface area (Å²) in [6.07, 6.45) is 0. The van der Waals surface area contributed by atoms with E-state index in [9.17, 15) is 4.79 Å². The van der Waals surface area contributed by atoms with Crippen molar-refractivity contribution in [3.8, 4) is 11.5 Å². The molecule has 6 heteroatoms. The zero-order chi connectivity index (χ0) is 15.4. The zero-order valence-electron chi connectivity index (χ0n) is 11.4. The topological polar surface area (TPSA) is 47.6 Å². The molecule has 0 unspecified atom stereocenters. The Bertz CT molecular complexity index is 674. The number of nitrogens with one attached hydrogen (secondary N) is 1. The van der Waals surface area contributed by atoms with Crippen LogP contribution < -0.4 is 14.8 Å². The third kappa shape index (κ3) is 3.60. The van der Waals surface area contributed by atoms with Crippen LogP contribution in [0, 0.1) is 0 Å². The second-order valence-electron chi connectivity index (χ2n) is 4.15. The predicted octanol–water partition coefficient (Wildman–Crippen LogP) is 4.26. The Hall–Kier alpha value is -1.91. The summed E-state index contributed by atoms with van der Waals surface area (Å²) in [5, 5.41) is 3.59. The number of carbonyl (C=O) groups excluding carboxylic acids is 1. The van der Waals surface area contributed by atoms with Crippen molar-refractivity contribution >= 4 is 34.8 Å². The minimum absolute atomic E-state index is 0.305.